The molecule has 1 aliphatic carbocycles. The summed E-state index contributed by atoms with van der Waals surface area (Å²) < 4.78 is 12.4. The molecule has 8 heteroatoms. The molecule has 1 amide bonds. The van der Waals surface area contributed by atoms with Gasteiger partial charge in [0.1, 0.15) is 16.1 Å². The summed E-state index contributed by atoms with van der Waals surface area (Å²) >= 11 is 4.96. The number of aryl methyl sites for hydroxylation is 2. The Bertz CT molecular complexity index is 1550. The maximum atomic E-state index is 13.4. The Balaban J connectivity index is 1.69. The van der Waals surface area contributed by atoms with Crippen LogP contribution in [0.1, 0.15) is 56.5 Å². The largest absolute Gasteiger partial charge is 0.462 e. The lowest BCUT2D eigenvalue weighted by Crippen LogP contribution is -2.21. The molecule has 0 saturated heterocycles. The summed E-state index contributed by atoms with van der Waals surface area (Å²) in [6.07, 6.45) is 3.83. The fourth-order valence-corrected chi connectivity index (χ4v) is 6.03. The van der Waals surface area contributed by atoms with Crippen LogP contribution >= 0.6 is 27.3 Å². The second kappa shape index (κ2) is 10.4. The first-order chi connectivity index (χ1) is 17.4. The van der Waals surface area contributed by atoms with Gasteiger partial charge in [-0.05, 0) is 87.1 Å². The predicted octanol–water partition coefficient (Wildman–Crippen LogP) is 7.11. The number of thiophene rings is 1. The van der Waals surface area contributed by atoms with Crippen LogP contribution in [0.2, 0.25) is 0 Å². The van der Waals surface area contributed by atoms with Gasteiger partial charge in [0.2, 0.25) is 5.55 Å². The van der Waals surface area contributed by atoms with Gasteiger partial charge >= 0.3 is 5.97 Å². The summed E-state index contributed by atoms with van der Waals surface area (Å²) in [4.78, 5) is 32.3. The maximum absolute atomic E-state index is 13.4. The number of carbonyl (C=O) groups is 2. The second-order valence-corrected chi connectivity index (χ2v) is 10.7. The Labute approximate surface area is 221 Å². The Hall–Kier alpha value is -3.23. The fraction of sp³-hybridized carbons (Fsp3) is 0.250. The van der Waals surface area contributed by atoms with Crippen molar-refractivity contribution in [1.29, 1.82) is 0 Å². The lowest BCUT2D eigenvalue weighted by molar-refractivity contribution is 0.0526. The minimum absolute atomic E-state index is 0.152. The number of rotatable bonds is 5. The van der Waals surface area contributed by atoms with Crippen molar-refractivity contribution in [2.45, 2.75) is 39.5 Å². The third kappa shape index (κ3) is 5.01. The number of benzene rings is 2. The van der Waals surface area contributed by atoms with Crippen molar-refractivity contribution in [3.8, 4) is 0 Å². The number of esters is 1. The van der Waals surface area contributed by atoms with Crippen molar-refractivity contribution in [2.75, 3.05) is 11.9 Å². The van der Waals surface area contributed by atoms with Crippen molar-refractivity contribution in [3.63, 3.8) is 0 Å². The number of anilines is 1. The summed E-state index contributed by atoms with van der Waals surface area (Å²) in [5.74, 6) is -0.727. The average molecular weight is 565 g/mol. The summed E-state index contributed by atoms with van der Waals surface area (Å²) in [7, 11) is 0. The highest BCUT2D eigenvalue weighted by molar-refractivity contribution is 9.10. The maximum Gasteiger partial charge on any atom is 0.341 e. The number of amides is 1. The van der Waals surface area contributed by atoms with E-state index in [0.29, 0.717) is 21.8 Å². The molecule has 0 saturated carbocycles. The average Bonchev–Trinajstić information content (AvgIpc) is 3.22. The Morgan fingerprint density at radius 2 is 1.97 bits per heavy atom. The lowest BCUT2D eigenvalue weighted by Gasteiger charge is -2.11. The molecule has 0 spiro atoms. The van der Waals surface area contributed by atoms with Gasteiger partial charge in [0.05, 0.1) is 12.2 Å². The first-order valence-electron chi connectivity index (χ1n) is 11.9. The molecule has 4 aromatic rings. The normalized spacial score (nSPS) is 13.5. The van der Waals surface area contributed by atoms with Gasteiger partial charge in [0.25, 0.3) is 5.91 Å². The molecule has 2 heterocycles. The topological polar surface area (TPSA) is 80.9 Å². The zero-order valence-electron chi connectivity index (χ0n) is 20.0. The van der Waals surface area contributed by atoms with Crippen LogP contribution in [0, 0.1) is 6.92 Å². The second-order valence-electron chi connectivity index (χ2n) is 8.69. The van der Waals surface area contributed by atoms with Crippen molar-refractivity contribution < 1.29 is 18.7 Å². The number of halogens is 1. The highest BCUT2D eigenvalue weighted by atomic mass is 79.9. The first-order valence-corrected chi connectivity index (χ1v) is 13.5. The Morgan fingerprint density at radius 1 is 1.14 bits per heavy atom. The third-order valence-electron chi connectivity index (χ3n) is 6.06. The molecule has 0 unspecified atom stereocenters. The van der Waals surface area contributed by atoms with E-state index in [0.717, 1.165) is 51.5 Å². The third-order valence-corrected chi connectivity index (χ3v) is 7.74. The lowest BCUT2D eigenvalue weighted by atomic mass is 9.95. The van der Waals surface area contributed by atoms with Gasteiger partial charge in [-0.15, -0.1) is 11.3 Å². The highest BCUT2D eigenvalue weighted by Crippen LogP contribution is 2.40. The smallest absolute Gasteiger partial charge is 0.341 e. The number of carbonyl (C=O) groups excluding carboxylic acids is 2. The molecular formula is C28H25BrN2O4S. The fourth-order valence-electron chi connectivity index (χ4n) is 4.40. The molecule has 2 aromatic heterocycles. The van der Waals surface area contributed by atoms with Gasteiger partial charge in [0.15, 0.2) is 0 Å². The van der Waals surface area contributed by atoms with Gasteiger partial charge in [-0.2, -0.15) is 0 Å². The van der Waals surface area contributed by atoms with E-state index in [2.05, 4.69) is 21.2 Å². The van der Waals surface area contributed by atoms with E-state index in [-0.39, 0.29) is 29.6 Å². The molecule has 36 heavy (non-hydrogen) atoms. The number of hydrogen-bond donors (Lipinski definition) is 1. The molecule has 0 bridgehead atoms. The number of fused-ring (bicyclic) bond motifs is 2. The first kappa shape index (κ1) is 24.5. The van der Waals surface area contributed by atoms with Crippen LogP contribution in [0.15, 0.2) is 62.4 Å². The van der Waals surface area contributed by atoms with E-state index >= 15 is 0 Å². The van der Waals surface area contributed by atoms with Gasteiger partial charge in [0, 0.05) is 20.4 Å². The van der Waals surface area contributed by atoms with Crippen LogP contribution in [0.3, 0.4) is 0 Å². The summed E-state index contributed by atoms with van der Waals surface area (Å²) in [5.41, 5.74) is 4.24. The molecule has 6 nitrogen and oxygen atoms in total. The standard InChI is InChI=1S/C28H25BrN2O4S/c1-3-34-28(33)24-20-9-4-5-10-23(20)36-27(24)31-26-21(15-17-14-18(29)11-12-22(17)35-26)25(32)30-19-8-6-7-16(2)13-19/h6-8,11-15H,3-5,9-10H2,1-2H3,(H,30,32)/b31-26-. The van der Waals surface area contributed by atoms with Crippen LogP contribution in [0.4, 0.5) is 10.7 Å². The molecule has 0 radical (unpaired) electrons. The van der Waals surface area contributed by atoms with E-state index in [1.165, 1.54) is 11.3 Å². The van der Waals surface area contributed by atoms with Gasteiger partial charge in [-0.1, -0.05) is 28.1 Å². The van der Waals surface area contributed by atoms with Crippen LogP contribution in [0.5, 0.6) is 0 Å². The zero-order chi connectivity index (χ0) is 25.2. The molecule has 1 N–H and O–H groups in total. The predicted molar refractivity (Wildman–Crippen MR) is 145 cm³/mol. The van der Waals surface area contributed by atoms with Gasteiger partial charge in [-0.25, -0.2) is 9.79 Å². The molecule has 1 aliphatic rings. The molecule has 184 valence electrons. The van der Waals surface area contributed by atoms with E-state index in [9.17, 15) is 9.59 Å². The molecule has 0 aliphatic heterocycles. The summed E-state index contributed by atoms with van der Waals surface area (Å²) in [6, 6.07) is 14.9. The van der Waals surface area contributed by atoms with E-state index < -0.39 is 0 Å². The zero-order valence-corrected chi connectivity index (χ0v) is 22.4. The Kier molecular flexibility index (Phi) is 7.07. The molecule has 2 aromatic carbocycles. The van der Waals surface area contributed by atoms with Gasteiger partial charge in [-0.3, -0.25) is 4.79 Å². The SMILES string of the molecule is CCOC(=O)c1c(/N=c2\oc3ccc(Br)cc3cc2C(=O)Nc2cccc(C)c2)sc2c1CCCC2. The highest BCUT2D eigenvalue weighted by Gasteiger charge is 2.27. The number of ether oxygens (including phenoxy) is 1. The van der Waals surface area contributed by atoms with Crippen molar-refractivity contribution in [3.05, 3.63) is 85.7 Å². The molecule has 0 atom stereocenters. The molecule has 0 fully saturated rings. The van der Waals surface area contributed by atoms with Crippen LogP contribution in [-0.4, -0.2) is 18.5 Å². The summed E-state index contributed by atoms with van der Waals surface area (Å²) in [5, 5.41) is 4.23. The number of nitrogens with one attached hydrogen (secondary N) is 1. The number of hydrogen-bond acceptors (Lipinski definition) is 6. The van der Waals surface area contributed by atoms with Crippen LogP contribution in [-0.2, 0) is 17.6 Å². The minimum atomic E-state index is -0.383. The van der Waals surface area contributed by atoms with Crippen LogP contribution in [0.25, 0.3) is 11.0 Å². The van der Waals surface area contributed by atoms with Crippen molar-refractivity contribution >= 4 is 60.8 Å². The van der Waals surface area contributed by atoms with Crippen molar-refractivity contribution in [1.82, 2.24) is 0 Å². The monoisotopic (exact) mass is 564 g/mol. The quantitative estimate of drug-likeness (QED) is 0.262. The van der Waals surface area contributed by atoms with Crippen LogP contribution < -0.4 is 10.9 Å². The van der Waals surface area contributed by atoms with E-state index in [4.69, 9.17) is 14.1 Å². The van der Waals surface area contributed by atoms with Gasteiger partial charge < -0.3 is 14.5 Å². The minimum Gasteiger partial charge on any atom is -0.462 e. The summed E-state index contributed by atoms with van der Waals surface area (Å²) in [6.45, 7) is 4.04. The van der Waals surface area contributed by atoms with E-state index in [1.54, 1.807) is 13.0 Å². The van der Waals surface area contributed by atoms with E-state index in [1.807, 2.05) is 49.4 Å². The number of nitrogens with zero attached hydrogens (tertiary/aromatic N) is 1. The molecule has 5 rings (SSSR count). The molecular weight excluding hydrogens is 540 g/mol. The van der Waals surface area contributed by atoms with Crippen molar-refractivity contribution in [2.24, 2.45) is 4.99 Å². The Morgan fingerprint density at radius 3 is 2.78 bits per heavy atom.